The van der Waals surface area contributed by atoms with Crippen molar-refractivity contribution in [3.63, 3.8) is 0 Å². The minimum Gasteiger partial charge on any atom is -0.314 e. The van der Waals surface area contributed by atoms with Crippen LogP contribution in [0.4, 0.5) is 0 Å². The van der Waals surface area contributed by atoms with Crippen molar-refractivity contribution in [2.75, 3.05) is 7.05 Å². The molecule has 0 radical (unpaired) electrons. The average Bonchev–Trinajstić information content (AvgIpc) is 3.21. The Balaban J connectivity index is 2.47. The Bertz CT molecular complexity index is 712. The lowest BCUT2D eigenvalue weighted by molar-refractivity contribution is 0.00434. The van der Waals surface area contributed by atoms with Crippen molar-refractivity contribution in [3.8, 4) is 0 Å². The smallest absolute Gasteiger partial charge is 0.0234 e. The highest BCUT2D eigenvalue weighted by Crippen LogP contribution is 2.53. The van der Waals surface area contributed by atoms with Gasteiger partial charge in [-0.15, -0.1) is 0 Å². The third kappa shape index (κ3) is 29.2. The van der Waals surface area contributed by atoms with E-state index < -0.39 is 0 Å². The highest BCUT2D eigenvalue weighted by atomic mass is 15.0. The van der Waals surface area contributed by atoms with Crippen molar-refractivity contribution in [3.05, 3.63) is 0 Å². The van der Waals surface area contributed by atoms with Gasteiger partial charge in [0.05, 0.1) is 0 Å². The van der Waals surface area contributed by atoms with Crippen LogP contribution in [0.15, 0.2) is 0 Å². The van der Waals surface area contributed by atoms with Gasteiger partial charge in [0.1, 0.15) is 0 Å². The molecule has 1 unspecified atom stereocenters. The highest BCUT2D eigenvalue weighted by Gasteiger charge is 2.49. The van der Waals surface area contributed by atoms with E-state index >= 15 is 0 Å². The van der Waals surface area contributed by atoms with E-state index in [1.54, 1.807) is 0 Å². The third-order valence-corrected chi connectivity index (χ3v) is 15.0. The third-order valence-electron chi connectivity index (χ3n) is 15.0. The van der Waals surface area contributed by atoms with Gasteiger partial charge in [0.2, 0.25) is 0 Å². The summed E-state index contributed by atoms with van der Waals surface area (Å²) >= 11 is 0. The fraction of sp³-hybridized carbons (Fsp3) is 1.00. The fourth-order valence-corrected chi connectivity index (χ4v) is 11.1. The summed E-state index contributed by atoms with van der Waals surface area (Å²) in [7, 11) is 2.38. The standard InChI is InChI=1S/C55H111N/c1-5-8-11-14-17-20-23-26-29-32-35-38-41-44-49-54(50-45-42-39-36-33-30-27-24-21-18-15-12-9-6-2)51-47-48-53-55(54,56-4)52-46-43-40-37-34-31-28-25-22-19-16-13-10-7-3/h56H,5-53H2,1-4H3. The molecule has 0 aromatic rings. The first kappa shape index (κ1) is 54.0. The Morgan fingerprint density at radius 3 is 0.732 bits per heavy atom. The molecule has 1 N–H and O–H groups in total. The average molecular weight is 786 g/mol. The van der Waals surface area contributed by atoms with Crippen LogP contribution < -0.4 is 5.32 Å². The first-order valence-corrected chi connectivity index (χ1v) is 27.4. The molecular formula is C55H111N. The monoisotopic (exact) mass is 786 g/mol. The number of hydrogen-bond donors (Lipinski definition) is 1. The first-order chi connectivity index (χ1) is 27.7. The summed E-state index contributed by atoms with van der Waals surface area (Å²) in [5.41, 5.74) is 0.945. The van der Waals surface area contributed by atoms with Crippen molar-refractivity contribution in [1.29, 1.82) is 0 Å². The van der Waals surface area contributed by atoms with E-state index in [0.717, 1.165) is 0 Å². The molecular weight excluding hydrogens is 675 g/mol. The van der Waals surface area contributed by atoms with Crippen LogP contribution in [-0.2, 0) is 0 Å². The van der Waals surface area contributed by atoms with Crippen LogP contribution in [0, 0.1) is 5.41 Å². The van der Waals surface area contributed by atoms with Gasteiger partial charge in [-0.1, -0.05) is 303 Å². The van der Waals surface area contributed by atoms with Crippen LogP contribution >= 0.6 is 0 Å². The molecule has 0 bridgehead atoms. The number of rotatable bonds is 46. The molecule has 1 nitrogen and oxygen atoms in total. The molecule has 336 valence electrons. The van der Waals surface area contributed by atoms with Gasteiger partial charge in [0.15, 0.2) is 0 Å². The van der Waals surface area contributed by atoms with Gasteiger partial charge < -0.3 is 5.32 Å². The highest BCUT2D eigenvalue weighted by molar-refractivity contribution is 5.06. The van der Waals surface area contributed by atoms with Gasteiger partial charge >= 0.3 is 0 Å². The Morgan fingerprint density at radius 2 is 0.482 bits per heavy atom. The molecule has 0 aliphatic heterocycles. The Morgan fingerprint density at radius 1 is 0.268 bits per heavy atom. The largest absolute Gasteiger partial charge is 0.314 e. The van der Waals surface area contributed by atoms with Gasteiger partial charge in [-0.2, -0.15) is 0 Å². The molecule has 0 saturated heterocycles. The number of hydrogen-bond acceptors (Lipinski definition) is 1. The lowest BCUT2D eigenvalue weighted by Crippen LogP contribution is -2.59. The van der Waals surface area contributed by atoms with Crippen LogP contribution in [0.2, 0.25) is 0 Å². The fourth-order valence-electron chi connectivity index (χ4n) is 11.1. The predicted molar refractivity (Wildman–Crippen MR) is 257 cm³/mol. The van der Waals surface area contributed by atoms with Crippen LogP contribution in [0.5, 0.6) is 0 Å². The Labute approximate surface area is 357 Å². The van der Waals surface area contributed by atoms with E-state index in [1.165, 1.54) is 315 Å². The maximum absolute atomic E-state index is 4.15. The molecule has 1 heteroatoms. The zero-order chi connectivity index (χ0) is 40.4. The number of nitrogens with one attached hydrogen (secondary N) is 1. The molecule has 0 heterocycles. The van der Waals surface area contributed by atoms with E-state index in [9.17, 15) is 0 Å². The molecule has 1 atom stereocenters. The zero-order valence-electron chi connectivity index (χ0n) is 40.1. The van der Waals surface area contributed by atoms with Gasteiger partial charge in [0.25, 0.3) is 0 Å². The lowest BCUT2D eigenvalue weighted by Gasteiger charge is -2.55. The SMILES string of the molecule is CCCCCCCCCCCCCCCCC1(CCCCCCCCCCCCCCCC)CCCCC1(CCCCCCCCCCCCCCCC)NC. The van der Waals surface area contributed by atoms with E-state index in [-0.39, 0.29) is 0 Å². The topological polar surface area (TPSA) is 12.0 Å². The van der Waals surface area contributed by atoms with Crippen LogP contribution in [0.25, 0.3) is 0 Å². The van der Waals surface area contributed by atoms with E-state index in [1.807, 2.05) is 0 Å². The second-order valence-electron chi connectivity index (χ2n) is 19.9. The first-order valence-electron chi connectivity index (χ1n) is 27.4. The molecule has 1 aliphatic carbocycles. The molecule has 1 fully saturated rings. The summed E-state index contributed by atoms with van der Waals surface area (Å²) in [6, 6.07) is 0. The van der Waals surface area contributed by atoms with Gasteiger partial charge in [-0.05, 0) is 44.6 Å². The van der Waals surface area contributed by atoms with Gasteiger partial charge in [-0.25, -0.2) is 0 Å². The minimum atomic E-state index is 0.398. The summed E-state index contributed by atoms with van der Waals surface area (Å²) in [4.78, 5) is 0. The minimum absolute atomic E-state index is 0.398. The zero-order valence-corrected chi connectivity index (χ0v) is 40.1. The summed E-state index contributed by atoms with van der Waals surface area (Å²) in [6.45, 7) is 6.98. The Kier molecular flexibility index (Phi) is 40.2. The summed E-state index contributed by atoms with van der Waals surface area (Å²) in [5.74, 6) is 0. The van der Waals surface area contributed by atoms with Crippen molar-refractivity contribution in [1.82, 2.24) is 5.32 Å². The van der Waals surface area contributed by atoms with Crippen LogP contribution in [0.1, 0.15) is 335 Å². The molecule has 1 aliphatic rings. The van der Waals surface area contributed by atoms with E-state index in [0.29, 0.717) is 11.0 Å². The molecule has 1 saturated carbocycles. The normalized spacial score (nSPS) is 16.9. The molecule has 0 aromatic carbocycles. The van der Waals surface area contributed by atoms with E-state index in [4.69, 9.17) is 0 Å². The van der Waals surface area contributed by atoms with Gasteiger partial charge in [0, 0.05) is 5.54 Å². The molecule has 0 amide bonds. The van der Waals surface area contributed by atoms with E-state index in [2.05, 4.69) is 33.1 Å². The number of unbranched alkanes of at least 4 members (excludes halogenated alkanes) is 39. The summed E-state index contributed by atoms with van der Waals surface area (Å²) < 4.78 is 0. The molecule has 56 heavy (non-hydrogen) atoms. The second kappa shape index (κ2) is 41.7. The van der Waals surface area contributed by atoms with Crippen LogP contribution in [0.3, 0.4) is 0 Å². The summed E-state index contributed by atoms with van der Waals surface area (Å²) in [6.07, 6.45) is 72.0. The predicted octanol–water partition coefficient (Wildman–Crippen LogP) is 20.1. The van der Waals surface area contributed by atoms with Crippen LogP contribution in [-0.4, -0.2) is 12.6 Å². The quantitative estimate of drug-likeness (QED) is 0.0606. The molecule has 0 spiro atoms. The lowest BCUT2D eigenvalue weighted by atomic mass is 9.55. The Hall–Kier alpha value is -0.0400. The maximum atomic E-state index is 4.15. The van der Waals surface area contributed by atoms with Gasteiger partial charge in [-0.3, -0.25) is 0 Å². The second-order valence-corrected chi connectivity index (χ2v) is 19.9. The van der Waals surface area contributed by atoms with Crippen molar-refractivity contribution >= 4 is 0 Å². The van der Waals surface area contributed by atoms with Crippen molar-refractivity contribution < 1.29 is 0 Å². The molecule has 0 aromatic heterocycles. The maximum Gasteiger partial charge on any atom is 0.0234 e. The molecule has 1 rings (SSSR count). The van der Waals surface area contributed by atoms with Crippen molar-refractivity contribution in [2.45, 2.75) is 341 Å². The summed E-state index contributed by atoms with van der Waals surface area (Å²) in [5, 5.41) is 4.15. The van der Waals surface area contributed by atoms with Crippen molar-refractivity contribution in [2.24, 2.45) is 5.41 Å².